The minimum Gasteiger partial charge on any atom is -0.431 e. The number of hydrogen-bond acceptors (Lipinski definition) is 4. The monoisotopic (exact) mass is 245 g/mol. The molecule has 0 radical (unpaired) electrons. The van der Waals surface area contributed by atoms with E-state index in [1.807, 2.05) is 6.07 Å². The summed E-state index contributed by atoms with van der Waals surface area (Å²) in [5, 5.41) is 2.33. The molecule has 0 bridgehead atoms. The highest BCUT2D eigenvalue weighted by Gasteiger charge is 2.09. The van der Waals surface area contributed by atoms with E-state index in [1.165, 1.54) is 0 Å². The van der Waals surface area contributed by atoms with Crippen LogP contribution in [0.1, 0.15) is 5.56 Å². The van der Waals surface area contributed by atoms with Crippen LogP contribution in [0.15, 0.2) is 30.3 Å². The number of carbonyl (C=O) groups excluding carboxylic acids is 1. The van der Waals surface area contributed by atoms with E-state index in [4.69, 9.17) is 4.55 Å². The number of ether oxygens (including phenoxy) is 1. The van der Waals surface area contributed by atoms with Crippen molar-refractivity contribution < 1.29 is 22.5 Å². The van der Waals surface area contributed by atoms with Crippen molar-refractivity contribution >= 4 is 16.2 Å². The van der Waals surface area contributed by atoms with Crippen molar-refractivity contribution in [3.8, 4) is 0 Å². The van der Waals surface area contributed by atoms with Gasteiger partial charge in [-0.25, -0.2) is 4.79 Å². The molecule has 0 heterocycles. The number of benzene rings is 1. The summed E-state index contributed by atoms with van der Waals surface area (Å²) in [5.74, 6) is -1.05. The van der Waals surface area contributed by atoms with Crippen molar-refractivity contribution in [2.24, 2.45) is 0 Å². The van der Waals surface area contributed by atoms with Gasteiger partial charge >= 0.3 is 16.2 Å². The summed E-state index contributed by atoms with van der Waals surface area (Å²) in [5.41, 5.74) is 0.853. The smallest absolute Gasteiger partial charge is 0.408 e. The first-order valence-corrected chi connectivity index (χ1v) is 5.98. The van der Waals surface area contributed by atoms with E-state index in [0.29, 0.717) is 0 Å². The normalized spacial score (nSPS) is 10.8. The highest BCUT2D eigenvalue weighted by atomic mass is 32.2. The molecule has 1 rings (SSSR count). The zero-order valence-corrected chi connectivity index (χ0v) is 9.11. The fourth-order valence-corrected chi connectivity index (χ4v) is 1.21. The van der Waals surface area contributed by atoms with E-state index in [0.717, 1.165) is 5.56 Å². The van der Waals surface area contributed by atoms with Crippen molar-refractivity contribution in [3.63, 3.8) is 0 Å². The molecule has 1 aromatic rings. The Bertz CT molecular complexity index is 442. The Morgan fingerprint density at radius 1 is 1.31 bits per heavy atom. The summed E-state index contributed by atoms with van der Waals surface area (Å²) in [6.45, 7) is 0.227. The van der Waals surface area contributed by atoms with Crippen LogP contribution in [0.2, 0.25) is 0 Å². The maximum atomic E-state index is 11.0. The molecule has 0 aliphatic carbocycles. The minimum absolute atomic E-state index is 0.227. The van der Waals surface area contributed by atoms with Crippen LogP contribution in [-0.2, 0) is 21.4 Å². The summed E-state index contributed by atoms with van der Waals surface area (Å²) >= 11 is 0. The van der Waals surface area contributed by atoms with Gasteiger partial charge in [-0.1, -0.05) is 30.3 Å². The Morgan fingerprint density at radius 2 is 1.94 bits per heavy atom. The van der Waals surface area contributed by atoms with Crippen LogP contribution < -0.4 is 5.32 Å². The number of carbonyl (C=O) groups is 1. The second-order valence-corrected chi connectivity index (χ2v) is 4.37. The average Bonchev–Trinajstić information content (AvgIpc) is 2.24. The van der Waals surface area contributed by atoms with Gasteiger partial charge in [-0.3, -0.25) is 4.55 Å². The fourth-order valence-electron chi connectivity index (χ4n) is 0.949. The van der Waals surface area contributed by atoms with Crippen LogP contribution in [0.5, 0.6) is 0 Å². The molecular weight excluding hydrogens is 234 g/mol. The predicted octanol–water partition coefficient (Wildman–Crippen LogP) is 0.758. The minimum atomic E-state index is -4.29. The number of alkyl carbamates (subject to hydrolysis) is 1. The molecule has 16 heavy (non-hydrogen) atoms. The summed E-state index contributed by atoms with van der Waals surface area (Å²) < 4.78 is 33.1. The van der Waals surface area contributed by atoms with Gasteiger partial charge in [-0.15, -0.1) is 0 Å². The molecule has 2 N–H and O–H groups in total. The van der Waals surface area contributed by atoms with Gasteiger partial charge in [0.1, 0.15) is 0 Å². The van der Waals surface area contributed by atoms with Crippen LogP contribution in [0.4, 0.5) is 4.79 Å². The Kier molecular flexibility index (Phi) is 4.27. The van der Waals surface area contributed by atoms with Crippen molar-refractivity contribution in [2.75, 3.05) is 5.94 Å². The average molecular weight is 245 g/mol. The van der Waals surface area contributed by atoms with Crippen LogP contribution in [0.25, 0.3) is 0 Å². The molecule has 6 nitrogen and oxygen atoms in total. The van der Waals surface area contributed by atoms with E-state index < -0.39 is 22.2 Å². The molecule has 0 saturated heterocycles. The third-order valence-corrected chi connectivity index (χ3v) is 2.03. The summed E-state index contributed by atoms with van der Waals surface area (Å²) in [4.78, 5) is 11.0. The highest BCUT2D eigenvalue weighted by molar-refractivity contribution is 7.85. The highest BCUT2D eigenvalue weighted by Crippen LogP contribution is 1.97. The molecule has 7 heteroatoms. The standard InChI is InChI=1S/C9H11NO5S/c11-9(15-7-16(12,13)14)10-6-8-4-2-1-3-5-8/h1-5H,6-7H2,(H,10,11)(H,12,13,14). The van der Waals surface area contributed by atoms with Gasteiger partial charge in [-0.2, -0.15) is 8.42 Å². The maximum absolute atomic E-state index is 11.0. The molecule has 1 aromatic carbocycles. The first-order chi connectivity index (χ1) is 7.47. The van der Waals surface area contributed by atoms with Crippen LogP contribution >= 0.6 is 0 Å². The molecule has 0 saturated carbocycles. The summed E-state index contributed by atoms with van der Waals surface area (Å²) in [7, 11) is -4.29. The molecular formula is C9H11NO5S. The van der Waals surface area contributed by atoms with Crippen LogP contribution in [0, 0.1) is 0 Å². The van der Waals surface area contributed by atoms with Crippen molar-refractivity contribution in [3.05, 3.63) is 35.9 Å². The molecule has 0 aliphatic heterocycles. The van der Waals surface area contributed by atoms with Gasteiger partial charge in [0.15, 0.2) is 0 Å². The zero-order chi connectivity index (χ0) is 12.0. The number of hydrogen-bond donors (Lipinski definition) is 2. The molecule has 1 amide bonds. The number of nitrogens with one attached hydrogen (secondary N) is 1. The largest absolute Gasteiger partial charge is 0.431 e. The third-order valence-electron chi connectivity index (χ3n) is 1.62. The lowest BCUT2D eigenvalue weighted by atomic mass is 10.2. The Balaban J connectivity index is 2.31. The molecule has 0 aliphatic rings. The van der Waals surface area contributed by atoms with Crippen molar-refractivity contribution in [1.82, 2.24) is 5.32 Å². The van der Waals surface area contributed by atoms with Gasteiger partial charge in [-0.05, 0) is 5.56 Å². The van der Waals surface area contributed by atoms with Gasteiger partial charge < -0.3 is 10.1 Å². The predicted molar refractivity (Wildman–Crippen MR) is 56.2 cm³/mol. The van der Waals surface area contributed by atoms with Gasteiger partial charge in [0.25, 0.3) is 0 Å². The zero-order valence-electron chi connectivity index (χ0n) is 8.29. The number of rotatable bonds is 4. The molecule has 0 atom stereocenters. The van der Waals surface area contributed by atoms with Crippen molar-refractivity contribution in [1.29, 1.82) is 0 Å². The molecule has 0 fully saturated rings. The van der Waals surface area contributed by atoms with E-state index in [-0.39, 0.29) is 6.54 Å². The van der Waals surface area contributed by atoms with Crippen LogP contribution in [0.3, 0.4) is 0 Å². The molecule has 0 unspecified atom stereocenters. The lowest BCUT2D eigenvalue weighted by molar-refractivity contribution is 0.160. The second-order valence-electron chi connectivity index (χ2n) is 2.97. The van der Waals surface area contributed by atoms with E-state index >= 15 is 0 Å². The SMILES string of the molecule is O=C(NCc1ccccc1)OCS(=O)(=O)O. The topological polar surface area (TPSA) is 92.7 Å². The molecule has 88 valence electrons. The lowest BCUT2D eigenvalue weighted by Crippen LogP contribution is -2.26. The first kappa shape index (κ1) is 12.5. The third kappa shape index (κ3) is 5.32. The Hall–Kier alpha value is -1.60. The Morgan fingerprint density at radius 3 is 2.50 bits per heavy atom. The van der Waals surface area contributed by atoms with Gasteiger partial charge in [0, 0.05) is 6.54 Å². The first-order valence-electron chi connectivity index (χ1n) is 4.37. The van der Waals surface area contributed by atoms with Gasteiger partial charge in [0.2, 0.25) is 5.94 Å². The summed E-state index contributed by atoms with van der Waals surface area (Å²) in [6.07, 6.45) is -0.901. The molecule has 0 spiro atoms. The van der Waals surface area contributed by atoms with E-state index in [9.17, 15) is 13.2 Å². The van der Waals surface area contributed by atoms with Crippen molar-refractivity contribution in [2.45, 2.75) is 6.54 Å². The van der Waals surface area contributed by atoms with E-state index in [1.54, 1.807) is 24.3 Å². The van der Waals surface area contributed by atoms with E-state index in [2.05, 4.69) is 10.1 Å². The molecule has 0 aromatic heterocycles. The second kappa shape index (κ2) is 5.47. The fraction of sp³-hybridized carbons (Fsp3) is 0.222. The maximum Gasteiger partial charge on any atom is 0.408 e. The van der Waals surface area contributed by atoms with Gasteiger partial charge in [0.05, 0.1) is 0 Å². The Labute approximate surface area is 93.0 Å². The lowest BCUT2D eigenvalue weighted by Gasteiger charge is -2.05. The number of amides is 1. The van der Waals surface area contributed by atoms with Crippen LogP contribution in [-0.4, -0.2) is 25.0 Å². The quantitative estimate of drug-likeness (QED) is 0.764. The summed E-state index contributed by atoms with van der Waals surface area (Å²) in [6, 6.07) is 9.04.